The van der Waals surface area contributed by atoms with Crippen LogP contribution in [-0.4, -0.2) is 29.1 Å². The van der Waals surface area contributed by atoms with Crippen molar-refractivity contribution in [3.05, 3.63) is 31.9 Å². The monoisotopic (exact) mass is 345 g/mol. The summed E-state index contributed by atoms with van der Waals surface area (Å²) in [5.74, 6) is -0.154. The summed E-state index contributed by atoms with van der Waals surface area (Å²) in [5.41, 5.74) is 0.758. The molecule has 0 fully saturated rings. The van der Waals surface area contributed by atoms with E-state index in [0.717, 1.165) is 34.9 Å². The van der Waals surface area contributed by atoms with Gasteiger partial charge in [0.15, 0.2) is 0 Å². The number of hydrogen-bond donors (Lipinski definition) is 1. The fourth-order valence-electron chi connectivity index (χ4n) is 1.85. The highest BCUT2D eigenvalue weighted by atomic mass is 35.5. The average Bonchev–Trinajstić information content (AvgIpc) is 3.09. The van der Waals surface area contributed by atoms with Crippen molar-refractivity contribution >= 4 is 40.4 Å². The summed E-state index contributed by atoms with van der Waals surface area (Å²) in [6.07, 6.45) is 1.48. The second-order valence-corrected chi connectivity index (χ2v) is 6.88. The molecule has 0 spiro atoms. The Bertz CT molecular complexity index is 600. The van der Waals surface area contributed by atoms with E-state index < -0.39 is 0 Å². The lowest BCUT2D eigenvalue weighted by Gasteiger charge is -2.14. The Labute approximate surface area is 136 Å². The van der Waals surface area contributed by atoms with E-state index in [0.29, 0.717) is 15.8 Å². The number of thiophene rings is 1. The normalized spacial score (nSPS) is 12.3. The molecular weight excluding hydrogens is 330 g/mol. The highest BCUT2D eigenvalue weighted by Crippen LogP contribution is 2.28. The maximum atomic E-state index is 12.2. The van der Waals surface area contributed by atoms with Crippen molar-refractivity contribution in [1.29, 1.82) is 0 Å². The van der Waals surface area contributed by atoms with E-state index >= 15 is 0 Å². The Hall–Kier alpha value is -1.02. The Morgan fingerprint density at radius 1 is 1.52 bits per heavy atom. The topological polar surface area (TPSA) is 64.1 Å². The van der Waals surface area contributed by atoms with Crippen LogP contribution in [0.3, 0.4) is 0 Å². The van der Waals surface area contributed by atoms with Crippen molar-refractivity contribution in [3.63, 3.8) is 0 Å². The van der Waals surface area contributed by atoms with E-state index in [1.165, 1.54) is 11.3 Å². The first-order valence-corrected chi connectivity index (χ1v) is 8.50. The number of nitrogens with zero attached hydrogens (tertiary/aromatic N) is 2. The number of nitrogens with one attached hydrogen (secondary N) is 1. The third kappa shape index (κ3) is 4.23. The molecule has 21 heavy (non-hydrogen) atoms. The highest BCUT2D eigenvalue weighted by Gasteiger charge is 2.18. The first-order chi connectivity index (χ1) is 10.2. The van der Waals surface area contributed by atoms with Gasteiger partial charge in [0, 0.05) is 18.5 Å². The fourth-order valence-corrected chi connectivity index (χ4v) is 3.61. The van der Waals surface area contributed by atoms with Gasteiger partial charge in [-0.15, -0.1) is 16.4 Å². The lowest BCUT2D eigenvalue weighted by atomic mass is 10.2. The van der Waals surface area contributed by atoms with Crippen LogP contribution in [0.1, 0.15) is 39.7 Å². The van der Waals surface area contributed by atoms with E-state index in [1.807, 2.05) is 19.1 Å². The zero-order valence-corrected chi connectivity index (χ0v) is 14.1. The molecule has 2 heterocycles. The molecule has 0 saturated carbocycles. The fraction of sp³-hybridized carbons (Fsp3) is 0.462. The van der Waals surface area contributed by atoms with Gasteiger partial charge in [-0.05, 0) is 30.1 Å². The van der Waals surface area contributed by atoms with E-state index in [-0.39, 0.29) is 12.0 Å². The van der Waals surface area contributed by atoms with Gasteiger partial charge in [-0.25, -0.2) is 0 Å². The van der Waals surface area contributed by atoms with Crippen LogP contribution in [0.5, 0.6) is 0 Å². The lowest BCUT2D eigenvalue weighted by Crippen LogP contribution is -2.29. The summed E-state index contributed by atoms with van der Waals surface area (Å²) in [6.45, 7) is 2.43. The van der Waals surface area contributed by atoms with Crippen molar-refractivity contribution in [2.75, 3.05) is 13.7 Å². The summed E-state index contributed by atoms with van der Waals surface area (Å²) in [4.78, 5) is 13.8. The quantitative estimate of drug-likeness (QED) is 0.836. The van der Waals surface area contributed by atoms with Crippen LogP contribution in [0, 0.1) is 0 Å². The summed E-state index contributed by atoms with van der Waals surface area (Å²) in [7, 11) is 1.61. The van der Waals surface area contributed by atoms with Crippen LogP contribution >= 0.6 is 34.5 Å². The zero-order chi connectivity index (χ0) is 15.2. The van der Waals surface area contributed by atoms with Crippen molar-refractivity contribution in [2.45, 2.75) is 25.9 Å². The molecule has 0 saturated heterocycles. The second kappa shape index (κ2) is 7.84. The molecule has 1 amide bonds. The molecule has 0 aromatic carbocycles. The van der Waals surface area contributed by atoms with E-state index in [9.17, 15) is 4.79 Å². The van der Waals surface area contributed by atoms with Crippen LogP contribution in [0.15, 0.2) is 12.1 Å². The van der Waals surface area contributed by atoms with Crippen LogP contribution < -0.4 is 5.32 Å². The standard InChI is InChI=1S/C13H16ClN3O2S2/c1-3-4-8-12(21-17-16-8)13(18)15-7-9(19-2)10-5-6-11(14)20-10/h5-6,9H,3-4,7H2,1-2H3,(H,15,18). The average molecular weight is 346 g/mol. The minimum absolute atomic E-state index is 0.154. The maximum Gasteiger partial charge on any atom is 0.265 e. The number of carbonyl (C=O) groups excluding carboxylic acids is 1. The molecule has 1 unspecified atom stereocenters. The summed E-state index contributed by atoms with van der Waals surface area (Å²) in [6, 6.07) is 3.73. The molecule has 2 aromatic rings. The molecule has 0 aliphatic carbocycles. The van der Waals surface area contributed by atoms with E-state index in [1.54, 1.807) is 7.11 Å². The van der Waals surface area contributed by atoms with Gasteiger partial charge in [-0.3, -0.25) is 4.79 Å². The predicted molar refractivity (Wildman–Crippen MR) is 85.3 cm³/mol. The number of rotatable bonds is 7. The second-order valence-electron chi connectivity index (χ2n) is 4.38. The largest absolute Gasteiger partial charge is 0.374 e. The van der Waals surface area contributed by atoms with Crippen LogP contribution in [-0.2, 0) is 11.2 Å². The molecule has 0 radical (unpaired) electrons. The Kier molecular flexibility index (Phi) is 6.10. The van der Waals surface area contributed by atoms with Gasteiger partial charge in [0.25, 0.3) is 5.91 Å². The predicted octanol–water partition coefficient (Wildman–Crippen LogP) is 3.32. The summed E-state index contributed by atoms with van der Waals surface area (Å²) in [5, 5.41) is 6.87. The number of hydrogen-bond acceptors (Lipinski definition) is 6. The Balaban J connectivity index is 1.97. The van der Waals surface area contributed by atoms with Crippen LogP contribution in [0.2, 0.25) is 4.34 Å². The van der Waals surface area contributed by atoms with Crippen molar-refractivity contribution in [1.82, 2.24) is 14.9 Å². The third-order valence-electron chi connectivity index (χ3n) is 2.89. The highest BCUT2D eigenvalue weighted by molar-refractivity contribution is 7.16. The van der Waals surface area contributed by atoms with Gasteiger partial charge < -0.3 is 10.1 Å². The van der Waals surface area contributed by atoms with Gasteiger partial charge in [0.2, 0.25) is 0 Å². The smallest absolute Gasteiger partial charge is 0.265 e. The first-order valence-electron chi connectivity index (χ1n) is 6.53. The molecule has 0 aliphatic heterocycles. The number of aryl methyl sites for hydroxylation is 1. The van der Waals surface area contributed by atoms with Gasteiger partial charge in [0.1, 0.15) is 11.0 Å². The van der Waals surface area contributed by atoms with Crippen LogP contribution in [0.4, 0.5) is 0 Å². The molecule has 0 bridgehead atoms. The van der Waals surface area contributed by atoms with E-state index in [2.05, 4.69) is 14.9 Å². The van der Waals surface area contributed by atoms with Gasteiger partial charge in [-0.2, -0.15) is 0 Å². The number of ether oxygens (including phenoxy) is 1. The molecule has 1 N–H and O–H groups in total. The molecule has 2 aromatic heterocycles. The molecule has 2 rings (SSSR count). The van der Waals surface area contributed by atoms with Gasteiger partial charge in [-0.1, -0.05) is 29.4 Å². The molecule has 1 atom stereocenters. The minimum atomic E-state index is -0.207. The first kappa shape index (κ1) is 16.4. The Morgan fingerprint density at radius 3 is 2.95 bits per heavy atom. The zero-order valence-electron chi connectivity index (χ0n) is 11.8. The van der Waals surface area contributed by atoms with E-state index in [4.69, 9.17) is 16.3 Å². The molecular formula is C13H16ClN3O2S2. The summed E-state index contributed by atoms with van der Waals surface area (Å²) < 4.78 is 9.96. The number of aromatic nitrogens is 2. The lowest BCUT2D eigenvalue weighted by molar-refractivity contribution is 0.0840. The minimum Gasteiger partial charge on any atom is -0.374 e. The maximum absolute atomic E-state index is 12.2. The van der Waals surface area contributed by atoms with Crippen molar-refractivity contribution < 1.29 is 9.53 Å². The number of methoxy groups -OCH3 is 1. The number of halogens is 1. The molecule has 8 heteroatoms. The third-order valence-corrected chi connectivity index (χ3v) is 4.98. The summed E-state index contributed by atoms with van der Waals surface area (Å²) >= 11 is 8.49. The Morgan fingerprint density at radius 2 is 2.33 bits per heavy atom. The van der Waals surface area contributed by atoms with Crippen molar-refractivity contribution in [2.24, 2.45) is 0 Å². The molecule has 0 aliphatic rings. The van der Waals surface area contributed by atoms with Crippen molar-refractivity contribution in [3.8, 4) is 0 Å². The number of carbonyl (C=O) groups is 1. The van der Waals surface area contributed by atoms with Crippen LogP contribution in [0.25, 0.3) is 0 Å². The SMILES string of the molecule is CCCc1nnsc1C(=O)NCC(OC)c1ccc(Cl)s1. The molecule has 5 nitrogen and oxygen atoms in total. The van der Waals surface area contributed by atoms with Gasteiger partial charge >= 0.3 is 0 Å². The number of amides is 1. The van der Waals surface area contributed by atoms with Gasteiger partial charge in [0.05, 0.1) is 10.0 Å². The molecule has 114 valence electrons.